The first-order valence-electron chi connectivity index (χ1n) is 8.32. The Morgan fingerprint density at radius 2 is 1.89 bits per heavy atom. The van der Waals surface area contributed by atoms with Gasteiger partial charge in [-0.05, 0) is 38.1 Å². The Hall–Kier alpha value is -1.93. The van der Waals surface area contributed by atoms with Gasteiger partial charge in [0.1, 0.15) is 5.60 Å². The van der Waals surface area contributed by atoms with E-state index in [0.29, 0.717) is 18.5 Å². The predicted octanol–water partition coefficient (Wildman–Crippen LogP) is 1.90. The quantitative estimate of drug-likeness (QED) is 0.694. The molecule has 27 heavy (non-hydrogen) atoms. The van der Waals surface area contributed by atoms with Crippen LogP contribution in [0.5, 0.6) is 0 Å². The zero-order valence-electron chi connectivity index (χ0n) is 15.0. The van der Waals surface area contributed by atoms with Crippen LogP contribution in [0.15, 0.2) is 36.5 Å². The lowest BCUT2D eigenvalue weighted by Crippen LogP contribution is -2.55. The van der Waals surface area contributed by atoms with Gasteiger partial charge in [0, 0.05) is 18.7 Å². The van der Waals surface area contributed by atoms with Gasteiger partial charge < -0.3 is 20.7 Å². The summed E-state index contributed by atoms with van der Waals surface area (Å²) >= 11 is 0. The molecule has 3 N–H and O–H groups in total. The number of anilines is 1. The van der Waals surface area contributed by atoms with Gasteiger partial charge in [-0.25, -0.2) is 0 Å². The molecule has 0 bridgehead atoms. The third kappa shape index (κ3) is 5.29. The van der Waals surface area contributed by atoms with E-state index in [1.165, 1.54) is 7.11 Å². The number of piperidine rings is 1. The zero-order chi connectivity index (χ0) is 17.7. The maximum Gasteiger partial charge on any atom is 0.252 e. The molecule has 0 radical (unpaired) electrons. The summed E-state index contributed by atoms with van der Waals surface area (Å²) in [4.78, 5) is 29.0. The first-order valence-corrected chi connectivity index (χ1v) is 8.32. The number of para-hydroxylation sites is 1. The predicted molar refractivity (Wildman–Crippen MR) is 110 cm³/mol. The number of nitrogens with one attached hydrogen (secondary N) is 3. The van der Waals surface area contributed by atoms with Gasteiger partial charge in [-0.15, -0.1) is 24.8 Å². The summed E-state index contributed by atoms with van der Waals surface area (Å²) in [6.07, 6.45) is 2.85. The van der Waals surface area contributed by atoms with Crippen LogP contribution in [-0.2, 0) is 14.3 Å². The van der Waals surface area contributed by atoms with Crippen molar-refractivity contribution >= 4 is 53.2 Å². The number of carbonyl (C=O) groups is 2. The molecule has 1 aromatic heterocycles. The fourth-order valence-electron chi connectivity index (χ4n) is 3.08. The number of nitrogens with zero attached hydrogens (tertiary/aromatic N) is 1. The molecule has 3 rings (SSSR count). The molecule has 148 valence electrons. The van der Waals surface area contributed by atoms with Crippen LogP contribution in [0.2, 0.25) is 0 Å². The van der Waals surface area contributed by atoms with E-state index in [-0.39, 0.29) is 43.2 Å². The van der Waals surface area contributed by atoms with Gasteiger partial charge in [0.15, 0.2) is 0 Å². The SMILES string of the molecule is COC1(C(=O)NCC(=O)Nc2cccc3cccnc23)CCNCC1.Cl.Cl. The lowest BCUT2D eigenvalue weighted by atomic mass is 9.91. The summed E-state index contributed by atoms with van der Waals surface area (Å²) < 4.78 is 5.46. The molecule has 0 spiro atoms. The van der Waals surface area contributed by atoms with Crippen molar-refractivity contribution in [3.05, 3.63) is 36.5 Å². The number of ether oxygens (including phenoxy) is 1. The van der Waals surface area contributed by atoms with E-state index in [1.807, 2.05) is 24.3 Å². The van der Waals surface area contributed by atoms with Crippen LogP contribution in [-0.4, -0.2) is 49.1 Å². The first kappa shape index (κ1) is 23.1. The molecule has 0 aliphatic carbocycles. The lowest BCUT2D eigenvalue weighted by Gasteiger charge is -2.34. The molecule has 2 amide bonds. The van der Waals surface area contributed by atoms with Crippen molar-refractivity contribution in [3.63, 3.8) is 0 Å². The normalized spacial score (nSPS) is 15.1. The van der Waals surface area contributed by atoms with Crippen LogP contribution in [0, 0.1) is 0 Å². The van der Waals surface area contributed by atoms with E-state index in [1.54, 1.807) is 12.3 Å². The van der Waals surface area contributed by atoms with Crippen molar-refractivity contribution in [2.75, 3.05) is 32.1 Å². The second-order valence-corrected chi connectivity index (χ2v) is 6.06. The topological polar surface area (TPSA) is 92.3 Å². The minimum Gasteiger partial charge on any atom is -0.368 e. The molecule has 0 unspecified atom stereocenters. The molecule has 7 nitrogen and oxygen atoms in total. The van der Waals surface area contributed by atoms with E-state index in [4.69, 9.17) is 4.74 Å². The number of hydrogen-bond donors (Lipinski definition) is 3. The van der Waals surface area contributed by atoms with Crippen LogP contribution in [0.25, 0.3) is 10.9 Å². The second-order valence-electron chi connectivity index (χ2n) is 6.06. The number of halogens is 2. The highest BCUT2D eigenvalue weighted by molar-refractivity contribution is 6.02. The average molecular weight is 415 g/mol. The van der Waals surface area contributed by atoms with Gasteiger partial charge in [-0.2, -0.15) is 0 Å². The van der Waals surface area contributed by atoms with Gasteiger partial charge in [0.2, 0.25) is 5.91 Å². The summed E-state index contributed by atoms with van der Waals surface area (Å²) in [6, 6.07) is 9.35. The highest BCUT2D eigenvalue weighted by Gasteiger charge is 2.39. The van der Waals surface area contributed by atoms with Crippen LogP contribution < -0.4 is 16.0 Å². The Morgan fingerprint density at radius 1 is 1.19 bits per heavy atom. The van der Waals surface area contributed by atoms with Crippen molar-refractivity contribution in [1.82, 2.24) is 15.6 Å². The smallest absolute Gasteiger partial charge is 0.252 e. The van der Waals surface area contributed by atoms with Gasteiger partial charge in [0.25, 0.3) is 5.91 Å². The Labute approximate surface area is 170 Å². The third-order valence-corrected chi connectivity index (χ3v) is 4.53. The standard InChI is InChI=1S/C18H22N4O3.2ClH/c1-25-18(7-10-19-11-8-18)17(24)21-12-15(23)22-14-6-2-4-13-5-3-9-20-16(13)14;;/h2-6,9,19H,7-8,10-12H2,1H3,(H,21,24)(H,22,23);2*1H. The fraction of sp³-hybridized carbons (Fsp3) is 0.389. The van der Waals surface area contributed by atoms with Crippen molar-refractivity contribution in [3.8, 4) is 0 Å². The highest BCUT2D eigenvalue weighted by atomic mass is 35.5. The van der Waals surface area contributed by atoms with Gasteiger partial charge >= 0.3 is 0 Å². The second kappa shape index (κ2) is 10.4. The zero-order valence-corrected chi connectivity index (χ0v) is 16.6. The van der Waals surface area contributed by atoms with Crippen LogP contribution >= 0.6 is 24.8 Å². The number of amides is 2. The van der Waals surface area contributed by atoms with Crippen molar-refractivity contribution in [2.24, 2.45) is 0 Å². The molecule has 0 atom stereocenters. The van der Waals surface area contributed by atoms with Crippen molar-refractivity contribution in [1.29, 1.82) is 0 Å². The largest absolute Gasteiger partial charge is 0.368 e. The molecular formula is C18H24Cl2N4O3. The number of benzene rings is 1. The lowest BCUT2D eigenvalue weighted by molar-refractivity contribution is -0.147. The molecule has 2 heterocycles. The summed E-state index contributed by atoms with van der Waals surface area (Å²) in [5.41, 5.74) is 0.490. The van der Waals surface area contributed by atoms with Crippen molar-refractivity contribution in [2.45, 2.75) is 18.4 Å². The Morgan fingerprint density at radius 3 is 2.59 bits per heavy atom. The molecular weight excluding hydrogens is 391 g/mol. The summed E-state index contributed by atoms with van der Waals surface area (Å²) in [5, 5.41) is 9.63. The van der Waals surface area contributed by atoms with Gasteiger partial charge in [-0.3, -0.25) is 14.6 Å². The number of rotatable bonds is 5. The maximum absolute atomic E-state index is 12.5. The number of pyridine rings is 1. The molecule has 1 aliphatic rings. The minimum absolute atomic E-state index is 0. The number of carbonyl (C=O) groups excluding carboxylic acids is 2. The summed E-state index contributed by atoms with van der Waals surface area (Å²) in [5.74, 6) is -0.547. The Bertz CT molecular complexity index is 777. The molecule has 1 aromatic carbocycles. The van der Waals surface area contributed by atoms with Crippen LogP contribution in [0.3, 0.4) is 0 Å². The minimum atomic E-state index is -0.855. The molecule has 9 heteroatoms. The van der Waals surface area contributed by atoms with E-state index < -0.39 is 5.60 Å². The van der Waals surface area contributed by atoms with Crippen LogP contribution in [0.4, 0.5) is 5.69 Å². The van der Waals surface area contributed by atoms with E-state index in [0.717, 1.165) is 24.0 Å². The number of methoxy groups -OCH3 is 1. The maximum atomic E-state index is 12.5. The van der Waals surface area contributed by atoms with E-state index in [9.17, 15) is 9.59 Å². The number of hydrogen-bond acceptors (Lipinski definition) is 5. The van der Waals surface area contributed by atoms with Crippen molar-refractivity contribution < 1.29 is 14.3 Å². The molecule has 1 fully saturated rings. The molecule has 1 saturated heterocycles. The first-order chi connectivity index (χ1) is 12.1. The van der Waals surface area contributed by atoms with E-state index in [2.05, 4.69) is 20.9 Å². The summed E-state index contributed by atoms with van der Waals surface area (Å²) in [6.45, 7) is 1.32. The molecule has 0 saturated carbocycles. The Balaban J connectivity index is 0.00000182. The van der Waals surface area contributed by atoms with Crippen LogP contribution in [0.1, 0.15) is 12.8 Å². The fourth-order valence-corrected chi connectivity index (χ4v) is 3.08. The third-order valence-electron chi connectivity index (χ3n) is 4.53. The van der Waals surface area contributed by atoms with Gasteiger partial charge in [0.05, 0.1) is 17.7 Å². The molecule has 2 aromatic rings. The summed E-state index contributed by atoms with van der Waals surface area (Å²) in [7, 11) is 1.53. The number of fused-ring (bicyclic) bond motifs is 1. The monoisotopic (exact) mass is 414 g/mol. The average Bonchev–Trinajstić information content (AvgIpc) is 2.67. The number of aromatic nitrogens is 1. The van der Waals surface area contributed by atoms with Gasteiger partial charge in [-0.1, -0.05) is 18.2 Å². The highest BCUT2D eigenvalue weighted by Crippen LogP contribution is 2.23. The molecule has 1 aliphatic heterocycles. The Kier molecular flexibility index (Phi) is 8.92. The van der Waals surface area contributed by atoms with E-state index >= 15 is 0 Å².